The SMILES string of the molecule is Cc1nc(C(C)(C)C)oc1CCCNC(=O)C1CC(=O)N(C(C)c2ccccc2)C1. The molecule has 6 nitrogen and oxygen atoms in total. The molecule has 1 saturated heterocycles. The van der Waals surface area contributed by atoms with Crippen LogP contribution in [0, 0.1) is 12.8 Å². The standard InChI is InChI=1S/C24H33N3O3/c1-16-20(30-23(26-16)24(3,4)5)12-9-13-25-22(29)19-14-21(28)27(15-19)17(2)18-10-7-6-8-11-18/h6-8,10-11,17,19H,9,12-15H2,1-5H3,(H,25,29). The number of hydrogen-bond donors (Lipinski definition) is 1. The van der Waals surface area contributed by atoms with E-state index in [1.807, 2.05) is 49.1 Å². The Hall–Kier alpha value is -2.63. The number of aryl methyl sites for hydroxylation is 2. The second-order valence-corrected chi connectivity index (χ2v) is 9.21. The topological polar surface area (TPSA) is 75.4 Å². The summed E-state index contributed by atoms with van der Waals surface area (Å²) in [6.45, 7) is 11.2. The van der Waals surface area contributed by atoms with Crippen LogP contribution in [0.1, 0.15) is 69.5 Å². The number of nitrogens with one attached hydrogen (secondary N) is 1. The lowest BCUT2D eigenvalue weighted by atomic mass is 9.97. The maximum absolute atomic E-state index is 12.6. The summed E-state index contributed by atoms with van der Waals surface area (Å²) >= 11 is 0. The smallest absolute Gasteiger partial charge is 0.225 e. The number of carbonyl (C=O) groups is 2. The van der Waals surface area contributed by atoms with Gasteiger partial charge in [-0.15, -0.1) is 0 Å². The van der Waals surface area contributed by atoms with Crippen LogP contribution >= 0.6 is 0 Å². The van der Waals surface area contributed by atoms with Crippen molar-refractivity contribution in [3.8, 4) is 0 Å². The van der Waals surface area contributed by atoms with Gasteiger partial charge in [0.2, 0.25) is 11.8 Å². The first-order valence-electron chi connectivity index (χ1n) is 10.8. The third-order valence-corrected chi connectivity index (χ3v) is 5.69. The highest BCUT2D eigenvalue weighted by Gasteiger charge is 2.36. The van der Waals surface area contributed by atoms with Crippen molar-refractivity contribution in [2.75, 3.05) is 13.1 Å². The third kappa shape index (κ3) is 5.10. The van der Waals surface area contributed by atoms with E-state index in [9.17, 15) is 9.59 Å². The van der Waals surface area contributed by atoms with Gasteiger partial charge in [-0.05, 0) is 25.8 Å². The van der Waals surface area contributed by atoms with Crippen LogP contribution < -0.4 is 5.32 Å². The van der Waals surface area contributed by atoms with Gasteiger partial charge in [-0.1, -0.05) is 51.1 Å². The van der Waals surface area contributed by atoms with Crippen molar-refractivity contribution < 1.29 is 14.0 Å². The molecule has 2 heterocycles. The molecule has 1 aliphatic heterocycles. The number of hydrogen-bond acceptors (Lipinski definition) is 4. The molecule has 2 aromatic rings. The van der Waals surface area contributed by atoms with Gasteiger partial charge in [0.1, 0.15) is 5.76 Å². The number of nitrogens with zero attached hydrogens (tertiary/aromatic N) is 2. The molecule has 1 N–H and O–H groups in total. The molecule has 0 spiro atoms. The van der Waals surface area contributed by atoms with Crippen LogP contribution in [0.4, 0.5) is 0 Å². The molecule has 2 atom stereocenters. The average Bonchev–Trinajstić information content (AvgIpc) is 3.28. The van der Waals surface area contributed by atoms with Gasteiger partial charge in [-0.25, -0.2) is 4.98 Å². The first-order chi connectivity index (χ1) is 14.2. The number of likely N-dealkylation sites (tertiary alicyclic amines) is 1. The fourth-order valence-electron chi connectivity index (χ4n) is 3.78. The number of aromatic nitrogens is 1. The molecule has 0 bridgehead atoms. The van der Waals surface area contributed by atoms with Gasteiger partial charge in [-0.2, -0.15) is 0 Å². The molecule has 0 saturated carbocycles. The van der Waals surface area contributed by atoms with Crippen LogP contribution in [0.2, 0.25) is 0 Å². The molecule has 162 valence electrons. The van der Waals surface area contributed by atoms with Crippen LogP contribution in [-0.2, 0) is 21.4 Å². The monoisotopic (exact) mass is 411 g/mol. The largest absolute Gasteiger partial charge is 0.445 e. The summed E-state index contributed by atoms with van der Waals surface area (Å²) in [5.41, 5.74) is 1.89. The summed E-state index contributed by atoms with van der Waals surface area (Å²) in [7, 11) is 0. The van der Waals surface area contributed by atoms with Crippen molar-refractivity contribution in [3.05, 3.63) is 53.2 Å². The third-order valence-electron chi connectivity index (χ3n) is 5.69. The highest BCUT2D eigenvalue weighted by molar-refractivity contribution is 5.89. The lowest BCUT2D eigenvalue weighted by Gasteiger charge is -2.25. The average molecular weight is 412 g/mol. The molecular formula is C24H33N3O3. The van der Waals surface area contributed by atoms with Crippen molar-refractivity contribution in [2.45, 2.75) is 65.3 Å². The zero-order valence-corrected chi connectivity index (χ0v) is 18.7. The highest BCUT2D eigenvalue weighted by atomic mass is 16.4. The number of oxazole rings is 1. The van der Waals surface area contributed by atoms with Crippen molar-refractivity contribution in [1.82, 2.24) is 15.2 Å². The van der Waals surface area contributed by atoms with Crippen LogP contribution in [0.5, 0.6) is 0 Å². The number of amides is 2. The first-order valence-corrected chi connectivity index (χ1v) is 10.8. The molecule has 2 unspecified atom stereocenters. The molecule has 3 rings (SSSR count). The second-order valence-electron chi connectivity index (χ2n) is 9.21. The van der Waals surface area contributed by atoms with Gasteiger partial charge in [0.25, 0.3) is 0 Å². The minimum absolute atomic E-state index is 0.0251. The van der Waals surface area contributed by atoms with Crippen LogP contribution in [0.15, 0.2) is 34.7 Å². The molecule has 6 heteroatoms. The van der Waals surface area contributed by atoms with Crippen LogP contribution in [0.25, 0.3) is 0 Å². The summed E-state index contributed by atoms with van der Waals surface area (Å²) in [4.78, 5) is 31.4. The normalized spacial score (nSPS) is 18.0. The highest BCUT2D eigenvalue weighted by Crippen LogP contribution is 2.28. The van der Waals surface area contributed by atoms with E-state index in [2.05, 4.69) is 31.1 Å². The minimum Gasteiger partial charge on any atom is -0.445 e. The summed E-state index contributed by atoms with van der Waals surface area (Å²) in [5, 5.41) is 2.99. The Labute approximate surface area is 179 Å². The van der Waals surface area contributed by atoms with Gasteiger partial charge < -0.3 is 14.6 Å². The summed E-state index contributed by atoms with van der Waals surface area (Å²) in [6.07, 6.45) is 1.78. The van der Waals surface area contributed by atoms with Crippen molar-refractivity contribution in [2.24, 2.45) is 5.92 Å². The molecule has 30 heavy (non-hydrogen) atoms. The molecule has 2 amide bonds. The maximum atomic E-state index is 12.6. The Morgan fingerprint density at radius 2 is 2.00 bits per heavy atom. The van der Waals surface area contributed by atoms with E-state index in [1.54, 1.807) is 0 Å². The van der Waals surface area contributed by atoms with Gasteiger partial charge in [0.15, 0.2) is 5.89 Å². The molecule has 1 fully saturated rings. The van der Waals surface area contributed by atoms with E-state index in [1.165, 1.54) is 0 Å². The maximum Gasteiger partial charge on any atom is 0.225 e. The Balaban J connectivity index is 1.47. The summed E-state index contributed by atoms with van der Waals surface area (Å²) in [6, 6.07) is 9.91. The van der Waals surface area contributed by atoms with Crippen molar-refractivity contribution in [1.29, 1.82) is 0 Å². The fraction of sp³-hybridized carbons (Fsp3) is 0.542. The Morgan fingerprint density at radius 1 is 1.30 bits per heavy atom. The van der Waals surface area contributed by atoms with E-state index in [0.29, 0.717) is 13.1 Å². The predicted octanol–water partition coefficient (Wildman–Crippen LogP) is 3.94. The molecule has 1 aromatic heterocycles. The molecular weight excluding hydrogens is 378 g/mol. The van der Waals surface area contributed by atoms with Crippen molar-refractivity contribution >= 4 is 11.8 Å². The number of rotatable bonds is 7. The molecule has 1 aliphatic rings. The van der Waals surface area contributed by atoms with Gasteiger partial charge >= 0.3 is 0 Å². The molecule has 0 radical (unpaired) electrons. The molecule has 0 aliphatic carbocycles. The Kier molecular flexibility index (Phi) is 6.64. The van der Waals surface area contributed by atoms with Gasteiger partial charge in [0.05, 0.1) is 17.7 Å². The van der Waals surface area contributed by atoms with Crippen molar-refractivity contribution in [3.63, 3.8) is 0 Å². The quantitative estimate of drug-likeness (QED) is 0.700. The van der Waals surface area contributed by atoms with Crippen LogP contribution in [-0.4, -0.2) is 34.8 Å². The fourth-order valence-corrected chi connectivity index (χ4v) is 3.78. The zero-order valence-electron chi connectivity index (χ0n) is 18.7. The lowest BCUT2D eigenvalue weighted by molar-refractivity contribution is -0.130. The second kappa shape index (κ2) is 9.02. The predicted molar refractivity (Wildman–Crippen MR) is 116 cm³/mol. The van der Waals surface area contributed by atoms with E-state index in [-0.39, 0.29) is 35.6 Å². The van der Waals surface area contributed by atoms with E-state index in [4.69, 9.17) is 4.42 Å². The summed E-state index contributed by atoms with van der Waals surface area (Å²) in [5.74, 6) is 1.33. The summed E-state index contributed by atoms with van der Waals surface area (Å²) < 4.78 is 5.91. The Bertz CT molecular complexity index is 883. The lowest BCUT2D eigenvalue weighted by Crippen LogP contribution is -2.34. The van der Waals surface area contributed by atoms with E-state index >= 15 is 0 Å². The van der Waals surface area contributed by atoms with Crippen LogP contribution in [0.3, 0.4) is 0 Å². The minimum atomic E-state index is -0.289. The number of benzene rings is 1. The first kappa shape index (κ1) is 22.1. The van der Waals surface area contributed by atoms with Gasteiger partial charge in [0, 0.05) is 31.3 Å². The Morgan fingerprint density at radius 3 is 2.63 bits per heavy atom. The van der Waals surface area contributed by atoms with Gasteiger partial charge in [-0.3, -0.25) is 9.59 Å². The van der Waals surface area contributed by atoms with E-state index < -0.39 is 0 Å². The van der Waals surface area contributed by atoms with E-state index in [0.717, 1.165) is 35.7 Å². The zero-order chi connectivity index (χ0) is 21.9. The number of carbonyl (C=O) groups excluding carboxylic acids is 2. The molecule has 1 aromatic carbocycles.